The Morgan fingerprint density at radius 2 is 1.67 bits per heavy atom. The fourth-order valence-corrected chi connectivity index (χ4v) is 2.99. The molecule has 0 saturated carbocycles. The number of rotatable bonds is 5. The van der Waals surface area contributed by atoms with Crippen LogP contribution >= 0.6 is 0 Å². The third-order valence-corrected chi connectivity index (χ3v) is 4.94. The number of carbonyl (C=O) groups excluding carboxylic acids is 1. The summed E-state index contributed by atoms with van der Waals surface area (Å²) in [6.07, 6.45) is -1.39. The van der Waals surface area contributed by atoms with Crippen molar-refractivity contribution in [1.82, 2.24) is 19.5 Å². The molecule has 0 aliphatic heterocycles. The Morgan fingerprint density at radius 3 is 2.27 bits per heavy atom. The topological polar surface area (TPSA) is 81.9 Å². The minimum absolute atomic E-state index is 0.113. The number of alkyl halides is 3. The largest absolute Gasteiger partial charge is 0.439 e. The number of carbonyl (C=O) groups is 1. The number of aryl methyl sites for hydroxylation is 1. The Morgan fingerprint density at radius 1 is 0.970 bits per heavy atom. The van der Waals surface area contributed by atoms with Gasteiger partial charge in [-0.2, -0.15) is 13.2 Å². The summed E-state index contributed by atoms with van der Waals surface area (Å²) in [5.41, 5.74) is 1.60. The highest BCUT2D eigenvalue weighted by molar-refractivity contribution is 6.04. The summed E-state index contributed by atoms with van der Waals surface area (Å²) in [5, 5.41) is 2.64. The van der Waals surface area contributed by atoms with Crippen LogP contribution in [0, 0.1) is 13.8 Å². The van der Waals surface area contributed by atoms with Gasteiger partial charge in [-0.1, -0.05) is 0 Å². The van der Waals surface area contributed by atoms with Crippen LogP contribution in [-0.4, -0.2) is 25.4 Å². The Labute approximate surface area is 186 Å². The van der Waals surface area contributed by atoms with Crippen LogP contribution in [0.5, 0.6) is 11.6 Å². The summed E-state index contributed by atoms with van der Waals surface area (Å²) in [5.74, 6) is 0.889. The highest BCUT2D eigenvalue weighted by Crippen LogP contribution is 2.29. The second-order valence-corrected chi connectivity index (χ2v) is 7.16. The van der Waals surface area contributed by atoms with Gasteiger partial charge in [-0.15, -0.1) is 0 Å². The molecule has 0 aliphatic carbocycles. The van der Waals surface area contributed by atoms with Gasteiger partial charge in [-0.05, 0) is 62.4 Å². The maximum atomic E-state index is 12.7. The van der Waals surface area contributed by atoms with E-state index in [4.69, 9.17) is 4.74 Å². The molecule has 168 valence electrons. The molecule has 2 heterocycles. The van der Waals surface area contributed by atoms with E-state index in [1.807, 2.05) is 18.4 Å². The molecule has 1 amide bonds. The van der Waals surface area contributed by atoms with Crippen molar-refractivity contribution in [3.63, 3.8) is 0 Å². The Kier molecular flexibility index (Phi) is 5.82. The number of hydrogen-bond acceptors (Lipinski definition) is 5. The predicted octanol–water partition coefficient (Wildman–Crippen LogP) is 5.34. The summed E-state index contributed by atoms with van der Waals surface area (Å²) >= 11 is 0. The van der Waals surface area contributed by atoms with Gasteiger partial charge in [-0.25, -0.2) is 15.0 Å². The van der Waals surface area contributed by atoms with Gasteiger partial charge in [0.25, 0.3) is 5.91 Å². The van der Waals surface area contributed by atoms with Crippen molar-refractivity contribution in [1.29, 1.82) is 0 Å². The number of hydrogen-bond donors (Lipinski definition) is 1. The number of ether oxygens (including phenoxy) is 1. The number of benzene rings is 2. The zero-order valence-corrected chi connectivity index (χ0v) is 17.6. The molecule has 0 fully saturated rings. The lowest BCUT2D eigenvalue weighted by Gasteiger charge is -2.10. The van der Waals surface area contributed by atoms with Gasteiger partial charge in [0.1, 0.15) is 24.2 Å². The Balaban J connectivity index is 1.42. The van der Waals surface area contributed by atoms with Gasteiger partial charge in [0.15, 0.2) is 0 Å². The molecular formula is C23H18F3N5O2. The van der Waals surface area contributed by atoms with Crippen molar-refractivity contribution in [3.05, 3.63) is 89.8 Å². The molecule has 2 aromatic heterocycles. The average molecular weight is 453 g/mol. The lowest BCUT2D eigenvalue weighted by atomic mass is 10.1. The lowest BCUT2D eigenvalue weighted by molar-refractivity contribution is -0.137. The van der Waals surface area contributed by atoms with Gasteiger partial charge in [0.05, 0.1) is 11.3 Å². The molecule has 2 aromatic carbocycles. The van der Waals surface area contributed by atoms with Crippen molar-refractivity contribution in [2.45, 2.75) is 20.0 Å². The molecular weight excluding hydrogens is 435 g/mol. The van der Waals surface area contributed by atoms with E-state index in [2.05, 4.69) is 20.3 Å². The first-order valence-corrected chi connectivity index (χ1v) is 9.80. The zero-order chi connectivity index (χ0) is 23.6. The first kappa shape index (κ1) is 22.0. The molecule has 33 heavy (non-hydrogen) atoms. The van der Waals surface area contributed by atoms with E-state index in [1.54, 1.807) is 36.7 Å². The average Bonchev–Trinajstić information content (AvgIpc) is 3.13. The number of nitrogens with one attached hydrogen (secondary N) is 1. The summed E-state index contributed by atoms with van der Waals surface area (Å²) in [6, 6.07) is 12.2. The normalized spacial score (nSPS) is 11.3. The highest BCUT2D eigenvalue weighted by atomic mass is 19.4. The molecule has 0 radical (unpaired) electrons. The van der Waals surface area contributed by atoms with Crippen LogP contribution in [-0.2, 0) is 6.18 Å². The van der Waals surface area contributed by atoms with Crippen molar-refractivity contribution < 1.29 is 22.7 Å². The molecule has 4 aromatic rings. The van der Waals surface area contributed by atoms with Crippen LogP contribution in [0.3, 0.4) is 0 Å². The maximum Gasteiger partial charge on any atom is 0.416 e. The van der Waals surface area contributed by atoms with Gasteiger partial charge < -0.3 is 10.1 Å². The van der Waals surface area contributed by atoms with E-state index in [1.165, 1.54) is 6.33 Å². The number of amides is 1. The minimum Gasteiger partial charge on any atom is -0.439 e. The molecule has 0 atom stereocenters. The quantitative estimate of drug-likeness (QED) is 0.441. The SMILES string of the molecule is Cc1ncn(-c2cc(Oc3ccc(NC(=O)c4ccc(C(F)(F)F)cc4)cc3)ncn2)c1C. The fourth-order valence-electron chi connectivity index (χ4n) is 2.99. The number of halogens is 3. The predicted molar refractivity (Wildman–Crippen MR) is 115 cm³/mol. The lowest BCUT2D eigenvalue weighted by Crippen LogP contribution is -2.12. The van der Waals surface area contributed by atoms with Crippen LogP contribution < -0.4 is 10.1 Å². The third-order valence-electron chi connectivity index (χ3n) is 4.94. The molecule has 0 aliphatic rings. The zero-order valence-electron chi connectivity index (χ0n) is 17.6. The van der Waals surface area contributed by atoms with E-state index in [-0.39, 0.29) is 5.56 Å². The van der Waals surface area contributed by atoms with E-state index in [0.29, 0.717) is 23.1 Å². The van der Waals surface area contributed by atoms with E-state index in [9.17, 15) is 18.0 Å². The Hall–Kier alpha value is -4.21. The van der Waals surface area contributed by atoms with Crippen molar-refractivity contribution in [3.8, 4) is 17.4 Å². The molecule has 0 saturated heterocycles. The molecule has 10 heteroatoms. The van der Waals surface area contributed by atoms with E-state index >= 15 is 0 Å². The molecule has 0 bridgehead atoms. The summed E-state index contributed by atoms with van der Waals surface area (Å²) in [6.45, 7) is 3.84. The first-order chi connectivity index (χ1) is 15.7. The second kappa shape index (κ2) is 8.73. The van der Waals surface area contributed by atoms with Crippen LogP contribution in [0.2, 0.25) is 0 Å². The smallest absolute Gasteiger partial charge is 0.416 e. The molecule has 0 spiro atoms. The Bertz CT molecular complexity index is 1280. The third kappa shape index (κ3) is 5.00. The summed E-state index contributed by atoms with van der Waals surface area (Å²) in [4.78, 5) is 24.9. The summed E-state index contributed by atoms with van der Waals surface area (Å²) < 4.78 is 45.6. The van der Waals surface area contributed by atoms with E-state index in [0.717, 1.165) is 35.7 Å². The number of aromatic nitrogens is 4. The van der Waals surface area contributed by atoms with Gasteiger partial charge in [-0.3, -0.25) is 9.36 Å². The molecule has 1 N–H and O–H groups in total. The molecule has 0 unspecified atom stereocenters. The highest BCUT2D eigenvalue weighted by Gasteiger charge is 2.30. The monoisotopic (exact) mass is 453 g/mol. The molecule has 7 nitrogen and oxygen atoms in total. The van der Waals surface area contributed by atoms with Crippen LogP contribution in [0.15, 0.2) is 67.3 Å². The first-order valence-electron chi connectivity index (χ1n) is 9.80. The van der Waals surface area contributed by atoms with Gasteiger partial charge in [0.2, 0.25) is 5.88 Å². The van der Waals surface area contributed by atoms with Crippen molar-refractivity contribution in [2.24, 2.45) is 0 Å². The summed E-state index contributed by atoms with van der Waals surface area (Å²) in [7, 11) is 0. The number of imidazole rings is 1. The van der Waals surface area contributed by atoms with Crippen LogP contribution in [0.1, 0.15) is 27.3 Å². The van der Waals surface area contributed by atoms with Crippen LogP contribution in [0.25, 0.3) is 5.82 Å². The van der Waals surface area contributed by atoms with Crippen LogP contribution in [0.4, 0.5) is 18.9 Å². The standard InChI is InChI=1S/C23H18F3N5O2/c1-14-15(2)31(13-29-14)20-11-21(28-12-27-20)33-19-9-7-18(8-10-19)30-22(32)16-3-5-17(6-4-16)23(24,25)26/h3-13H,1-2H3,(H,30,32). The minimum atomic E-state index is -4.45. The number of nitrogens with zero attached hydrogens (tertiary/aromatic N) is 4. The van der Waals surface area contributed by atoms with Crippen molar-refractivity contribution in [2.75, 3.05) is 5.32 Å². The second-order valence-electron chi connectivity index (χ2n) is 7.16. The van der Waals surface area contributed by atoms with Crippen molar-refractivity contribution >= 4 is 11.6 Å². The van der Waals surface area contributed by atoms with Gasteiger partial charge >= 0.3 is 6.18 Å². The number of anilines is 1. The fraction of sp³-hybridized carbons (Fsp3) is 0.130. The maximum absolute atomic E-state index is 12.7. The van der Waals surface area contributed by atoms with Gasteiger partial charge in [0, 0.05) is 23.0 Å². The molecule has 4 rings (SSSR count). The van der Waals surface area contributed by atoms with E-state index < -0.39 is 17.6 Å².